The molecule has 1 amide bonds. The average molecular weight is 330 g/mol. The van der Waals surface area contributed by atoms with E-state index in [0.29, 0.717) is 12.1 Å². The highest BCUT2D eigenvalue weighted by Crippen LogP contribution is 2.21. The number of anilines is 1. The number of carbonyl (C=O) groups is 1. The minimum Gasteiger partial charge on any atom is -0.369 e. The molecule has 1 aromatic heterocycles. The zero-order valence-corrected chi connectivity index (χ0v) is 14.1. The molecule has 0 saturated carbocycles. The van der Waals surface area contributed by atoms with Crippen LogP contribution in [-0.4, -0.2) is 34.8 Å². The van der Waals surface area contributed by atoms with Crippen LogP contribution in [-0.2, 0) is 13.5 Å². The summed E-state index contributed by atoms with van der Waals surface area (Å²) in [5, 5.41) is 7.29. The van der Waals surface area contributed by atoms with Crippen LogP contribution in [0.3, 0.4) is 0 Å². The van der Waals surface area contributed by atoms with Crippen LogP contribution in [0.5, 0.6) is 0 Å². The van der Waals surface area contributed by atoms with Crippen molar-refractivity contribution in [1.82, 2.24) is 15.1 Å². The second kappa shape index (κ2) is 7.03. The van der Waals surface area contributed by atoms with Crippen molar-refractivity contribution in [3.63, 3.8) is 0 Å². The lowest BCUT2D eigenvalue weighted by molar-refractivity contribution is 0.0932. The quantitative estimate of drug-likeness (QED) is 0.937. The van der Waals surface area contributed by atoms with E-state index in [1.807, 2.05) is 20.0 Å². The topological polar surface area (TPSA) is 50.2 Å². The Morgan fingerprint density at radius 1 is 1.46 bits per heavy atom. The maximum absolute atomic E-state index is 13.4. The molecule has 2 heterocycles. The highest BCUT2D eigenvalue weighted by molar-refractivity contribution is 5.95. The Bertz CT molecular complexity index is 728. The van der Waals surface area contributed by atoms with Crippen molar-refractivity contribution in [2.75, 3.05) is 18.0 Å². The van der Waals surface area contributed by atoms with E-state index < -0.39 is 0 Å². The summed E-state index contributed by atoms with van der Waals surface area (Å²) in [6.45, 7) is 3.58. The number of carbonyl (C=O) groups excluding carboxylic acids is 1. The number of hydrogen-bond donors (Lipinski definition) is 1. The Morgan fingerprint density at radius 3 is 3.04 bits per heavy atom. The molecule has 1 N–H and O–H groups in total. The first kappa shape index (κ1) is 16.5. The van der Waals surface area contributed by atoms with Crippen molar-refractivity contribution in [1.29, 1.82) is 0 Å². The van der Waals surface area contributed by atoms with E-state index in [4.69, 9.17) is 0 Å². The van der Waals surface area contributed by atoms with Gasteiger partial charge in [-0.05, 0) is 37.5 Å². The summed E-state index contributed by atoms with van der Waals surface area (Å²) >= 11 is 0. The van der Waals surface area contributed by atoms with Gasteiger partial charge in [0.2, 0.25) is 0 Å². The molecule has 6 heteroatoms. The molecular formula is C18H23FN4O. The van der Waals surface area contributed by atoms with Gasteiger partial charge >= 0.3 is 0 Å². The molecule has 0 spiro atoms. The van der Waals surface area contributed by atoms with Gasteiger partial charge in [-0.15, -0.1) is 0 Å². The molecule has 0 radical (unpaired) electrons. The second-order valence-corrected chi connectivity index (χ2v) is 6.22. The molecule has 0 bridgehead atoms. The van der Waals surface area contributed by atoms with Crippen molar-refractivity contribution < 1.29 is 9.18 Å². The van der Waals surface area contributed by atoms with Crippen LogP contribution in [0.2, 0.25) is 0 Å². The second-order valence-electron chi connectivity index (χ2n) is 6.22. The van der Waals surface area contributed by atoms with Crippen LogP contribution in [0.25, 0.3) is 0 Å². The molecule has 1 fully saturated rings. The lowest BCUT2D eigenvalue weighted by Gasteiger charge is -2.34. The third-order valence-corrected chi connectivity index (χ3v) is 4.57. The zero-order valence-electron chi connectivity index (χ0n) is 14.1. The number of aromatic nitrogens is 2. The fourth-order valence-electron chi connectivity index (χ4n) is 3.34. The van der Waals surface area contributed by atoms with Crippen LogP contribution < -0.4 is 10.2 Å². The Kier molecular flexibility index (Phi) is 4.83. The maximum Gasteiger partial charge on any atom is 0.255 e. The number of benzene rings is 1. The van der Waals surface area contributed by atoms with Crippen LogP contribution >= 0.6 is 0 Å². The van der Waals surface area contributed by atoms with Gasteiger partial charge in [-0.25, -0.2) is 4.39 Å². The number of nitrogens with one attached hydrogen (secondary N) is 1. The highest BCUT2D eigenvalue weighted by Gasteiger charge is 2.24. The van der Waals surface area contributed by atoms with Crippen LogP contribution in [0.4, 0.5) is 10.1 Å². The summed E-state index contributed by atoms with van der Waals surface area (Å²) in [5.41, 5.74) is 2.44. The van der Waals surface area contributed by atoms with Crippen LogP contribution in [0, 0.1) is 5.82 Å². The van der Waals surface area contributed by atoms with Gasteiger partial charge in [0, 0.05) is 31.9 Å². The summed E-state index contributed by atoms with van der Waals surface area (Å²) in [5.74, 6) is -0.312. The number of halogens is 1. The van der Waals surface area contributed by atoms with E-state index >= 15 is 0 Å². The van der Waals surface area contributed by atoms with E-state index in [9.17, 15) is 9.18 Å². The first-order valence-corrected chi connectivity index (χ1v) is 8.40. The number of hydrogen-bond acceptors (Lipinski definition) is 3. The van der Waals surface area contributed by atoms with E-state index in [-0.39, 0.29) is 17.8 Å². The standard InChI is InChI=1S/C18H23FN4O/c1-3-17-16(11-20-22(17)2)18(24)21-14-7-5-9-23(12-14)15-8-4-6-13(19)10-15/h4,6,8,10-11,14H,3,5,7,9,12H2,1-2H3,(H,21,24). The van der Waals surface area contributed by atoms with Crippen LogP contribution in [0.1, 0.15) is 35.8 Å². The number of nitrogens with zero attached hydrogens (tertiary/aromatic N) is 3. The molecular weight excluding hydrogens is 307 g/mol. The highest BCUT2D eigenvalue weighted by atomic mass is 19.1. The lowest BCUT2D eigenvalue weighted by Crippen LogP contribution is -2.48. The number of amides is 1. The van der Waals surface area contributed by atoms with E-state index in [2.05, 4.69) is 15.3 Å². The molecule has 5 nitrogen and oxygen atoms in total. The smallest absolute Gasteiger partial charge is 0.255 e. The summed E-state index contributed by atoms with van der Waals surface area (Å²) in [7, 11) is 1.85. The van der Waals surface area contributed by atoms with Gasteiger partial charge in [-0.2, -0.15) is 5.10 Å². The number of rotatable bonds is 4. The zero-order chi connectivity index (χ0) is 17.1. The summed E-state index contributed by atoms with van der Waals surface area (Å²) < 4.78 is 15.2. The number of piperidine rings is 1. The van der Waals surface area contributed by atoms with Gasteiger partial charge in [0.25, 0.3) is 5.91 Å². The van der Waals surface area contributed by atoms with E-state index in [1.54, 1.807) is 23.0 Å². The fraction of sp³-hybridized carbons (Fsp3) is 0.444. The number of aryl methyl sites for hydroxylation is 1. The van der Waals surface area contributed by atoms with Gasteiger partial charge in [0.1, 0.15) is 5.82 Å². The summed E-state index contributed by atoms with van der Waals surface area (Å²) in [6.07, 6.45) is 4.29. The predicted molar refractivity (Wildman–Crippen MR) is 91.7 cm³/mol. The molecule has 0 aliphatic carbocycles. The molecule has 1 aromatic carbocycles. The van der Waals surface area contributed by atoms with Crippen molar-refractivity contribution in [2.24, 2.45) is 7.05 Å². The SMILES string of the molecule is CCc1c(C(=O)NC2CCCN(c3cccc(F)c3)C2)cnn1C. The summed E-state index contributed by atoms with van der Waals surface area (Å²) in [4.78, 5) is 14.7. The lowest BCUT2D eigenvalue weighted by atomic mass is 10.0. The normalized spacial score (nSPS) is 17.8. The van der Waals surface area contributed by atoms with Crippen LogP contribution in [0.15, 0.2) is 30.5 Å². The van der Waals surface area contributed by atoms with Gasteiger partial charge in [-0.1, -0.05) is 13.0 Å². The molecule has 1 saturated heterocycles. The molecule has 1 atom stereocenters. The monoisotopic (exact) mass is 330 g/mol. The van der Waals surface area contributed by atoms with Gasteiger partial charge in [-0.3, -0.25) is 9.48 Å². The molecule has 24 heavy (non-hydrogen) atoms. The van der Waals surface area contributed by atoms with Crippen molar-refractivity contribution in [3.05, 3.63) is 47.5 Å². The molecule has 128 valence electrons. The molecule has 1 unspecified atom stereocenters. The largest absolute Gasteiger partial charge is 0.369 e. The Labute approximate surface area is 141 Å². The van der Waals surface area contributed by atoms with E-state index in [0.717, 1.165) is 37.2 Å². The Balaban J connectivity index is 1.68. The first-order valence-electron chi connectivity index (χ1n) is 8.40. The molecule has 3 rings (SSSR count). The maximum atomic E-state index is 13.4. The Morgan fingerprint density at radius 2 is 2.29 bits per heavy atom. The van der Waals surface area contributed by atoms with Crippen molar-refractivity contribution in [3.8, 4) is 0 Å². The molecule has 1 aliphatic rings. The van der Waals surface area contributed by atoms with E-state index in [1.165, 1.54) is 6.07 Å². The van der Waals surface area contributed by atoms with Crippen molar-refractivity contribution >= 4 is 11.6 Å². The van der Waals surface area contributed by atoms with Gasteiger partial charge in [0.05, 0.1) is 17.5 Å². The van der Waals surface area contributed by atoms with Gasteiger partial charge in [0.15, 0.2) is 0 Å². The molecule has 2 aromatic rings. The van der Waals surface area contributed by atoms with Crippen molar-refractivity contribution in [2.45, 2.75) is 32.2 Å². The predicted octanol–water partition coefficient (Wildman–Crippen LogP) is 2.52. The fourth-order valence-corrected chi connectivity index (χ4v) is 3.34. The third kappa shape index (κ3) is 3.42. The average Bonchev–Trinajstić information content (AvgIpc) is 2.96. The first-order chi connectivity index (χ1) is 11.6. The van der Waals surface area contributed by atoms with Gasteiger partial charge < -0.3 is 10.2 Å². The summed E-state index contributed by atoms with van der Waals surface area (Å²) in [6, 6.07) is 6.67. The minimum atomic E-state index is -0.235. The Hall–Kier alpha value is -2.37. The third-order valence-electron chi connectivity index (χ3n) is 4.57. The molecule has 1 aliphatic heterocycles. The minimum absolute atomic E-state index is 0.0550.